The van der Waals surface area contributed by atoms with Crippen molar-refractivity contribution in [3.05, 3.63) is 0 Å². The van der Waals surface area contributed by atoms with Crippen LogP contribution >= 0.6 is 11.8 Å². The summed E-state index contributed by atoms with van der Waals surface area (Å²) in [6.45, 7) is 0. The van der Waals surface area contributed by atoms with E-state index in [4.69, 9.17) is 15.6 Å². The van der Waals surface area contributed by atoms with Crippen LogP contribution in [0.2, 0.25) is 0 Å². The molecule has 0 aromatic rings. The van der Waals surface area contributed by atoms with Crippen LogP contribution in [0.25, 0.3) is 0 Å². The fourth-order valence-corrected chi connectivity index (χ4v) is 3.83. The van der Waals surface area contributed by atoms with Crippen LogP contribution in [0.3, 0.4) is 0 Å². The van der Waals surface area contributed by atoms with Gasteiger partial charge in [0.25, 0.3) is 0 Å². The molecular formula is C12H21NO3S. The molecule has 0 amide bonds. The number of nitrogens with two attached hydrogens (primary N) is 1. The van der Waals surface area contributed by atoms with Crippen molar-refractivity contribution in [2.24, 2.45) is 5.73 Å². The largest absolute Gasteiger partial charge is 0.480 e. The molecule has 17 heavy (non-hydrogen) atoms. The molecule has 98 valence electrons. The monoisotopic (exact) mass is 259 g/mol. The number of thioether (sulfide) groups is 1. The molecule has 1 heterocycles. The molecule has 1 saturated heterocycles. The predicted octanol–water partition coefficient (Wildman–Crippen LogP) is 1.62. The van der Waals surface area contributed by atoms with Crippen LogP contribution in [0.5, 0.6) is 0 Å². The van der Waals surface area contributed by atoms with Gasteiger partial charge in [0.2, 0.25) is 0 Å². The van der Waals surface area contributed by atoms with E-state index in [1.54, 1.807) is 11.8 Å². The first kappa shape index (κ1) is 13.2. The van der Waals surface area contributed by atoms with Crippen molar-refractivity contribution in [3.63, 3.8) is 0 Å². The van der Waals surface area contributed by atoms with Crippen LogP contribution in [-0.4, -0.2) is 40.3 Å². The molecule has 1 aliphatic carbocycles. The van der Waals surface area contributed by atoms with Crippen molar-refractivity contribution >= 4 is 17.7 Å². The Kier molecular flexibility index (Phi) is 4.33. The van der Waals surface area contributed by atoms with Gasteiger partial charge in [-0.2, -0.15) is 11.8 Å². The van der Waals surface area contributed by atoms with E-state index >= 15 is 0 Å². The van der Waals surface area contributed by atoms with E-state index in [0.717, 1.165) is 12.2 Å². The summed E-state index contributed by atoms with van der Waals surface area (Å²) in [5, 5.41) is 8.67. The number of ether oxygens (including phenoxy) is 1. The summed E-state index contributed by atoms with van der Waals surface area (Å²) < 4.78 is 6.14. The minimum atomic E-state index is -0.919. The molecular weight excluding hydrogens is 238 g/mol. The fraction of sp³-hybridized carbons (Fsp3) is 0.917. The maximum atomic E-state index is 10.6. The summed E-state index contributed by atoms with van der Waals surface area (Å²) in [5.74, 6) is 0.433. The van der Waals surface area contributed by atoms with Gasteiger partial charge < -0.3 is 15.6 Å². The summed E-state index contributed by atoms with van der Waals surface area (Å²) in [6.07, 6.45) is 7.62. The molecule has 0 bridgehead atoms. The third-order valence-electron chi connectivity index (χ3n) is 3.77. The SMILES string of the molecule is N[C@H](CSCC1CCC2(CCCC2)O1)C(=O)O. The minimum absolute atomic E-state index is 0.181. The van der Waals surface area contributed by atoms with Crippen LogP contribution in [-0.2, 0) is 9.53 Å². The Morgan fingerprint density at radius 2 is 2.18 bits per heavy atom. The Morgan fingerprint density at radius 3 is 2.82 bits per heavy atom. The fourth-order valence-electron chi connectivity index (χ4n) is 2.80. The molecule has 2 aliphatic rings. The average Bonchev–Trinajstić information content (AvgIpc) is 2.90. The van der Waals surface area contributed by atoms with Gasteiger partial charge in [-0.15, -0.1) is 0 Å². The Labute approximate surface area is 106 Å². The highest BCUT2D eigenvalue weighted by Gasteiger charge is 2.41. The number of carboxylic acids is 1. The van der Waals surface area contributed by atoms with E-state index in [0.29, 0.717) is 11.9 Å². The van der Waals surface area contributed by atoms with Crippen LogP contribution in [0.4, 0.5) is 0 Å². The number of hydrogen-bond acceptors (Lipinski definition) is 4. The van der Waals surface area contributed by atoms with Gasteiger partial charge in [-0.3, -0.25) is 4.79 Å². The van der Waals surface area contributed by atoms with Crippen molar-refractivity contribution in [2.45, 2.75) is 56.3 Å². The second-order valence-electron chi connectivity index (χ2n) is 5.15. The normalized spacial score (nSPS) is 28.6. The van der Waals surface area contributed by atoms with E-state index < -0.39 is 12.0 Å². The Morgan fingerprint density at radius 1 is 1.47 bits per heavy atom. The first-order valence-corrected chi connectivity index (χ1v) is 7.51. The number of carboxylic acid groups (broad SMARTS) is 1. The smallest absolute Gasteiger partial charge is 0.321 e. The van der Waals surface area contributed by atoms with Gasteiger partial charge in [-0.05, 0) is 25.7 Å². The summed E-state index contributed by atoms with van der Waals surface area (Å²) in [6, 6.07) is -0.748. The molecule has 4 nitrogen and oxygen atoms in total. The summed E-state index contributed by atoms with van der Waals surface area (Å²) in [4.78, 5) is 10.6. The number of aliphatic carboxylic acids is 1. The average molecular weight is 259 g/mol. The topological polar surface area (TPSA) is 72.5 Å². The molecule has 0 radical (unpaired) electrons. The van der Waals surface area contributed by atoms with E-state index in [9.17, 15) is 4.79 Å². The molecule has 2 fully saturated rings. The van der Waals surface area contributed by atoms with E-state index in [1.807, 2.05) is 0 Å². The third-order valence-corrected chi connectivity index (χ3v) is 4.97. The van der Waals surface area contributed by atoms with E-state index in [-0.39, 0.29) is 5.60 Å². The third kappa shape index (κ3) is 3.36. The van der Waals surface area contributed by atoms with Crippen molar-refractivity contribution in [2.75, 3.05) is 11.5 Å². The number of carbonyl (C=O) groups is 1. The van der Waals surface area contributed by atoms with Crippen molar-refractivity contribution < 1.29 is 14.6 Å². The first-order chi connectivity index (χ1) is 8.11. The highest BCUT2D eigenvalue weighted by molar-refractivity contribution is 7.99. The quantitative estimate of drug-likeness (QED) is 0.785. The van der Waals surface area contributed by atoms with Crippen molar-refractivity contribution in [1.82, 2.24) is 0 Å². The highest BCUT2D eigenvalue weighted by Crippen LogP contribution is 2.43. The van der Waals surface area contributed by atoms with E-state index in [1.165, 1.54) is 32.1 Å². The summed E-state index contributed by atoms with van der Waals surface area (Å²) in [7, 11) is 0. The van der Waals surface area contributed by atoms with Crippen molar-refractivity contribution in [1.29, 1.82) is 0 Å². The highest BCUT2D eigenvalue weighted by atomic mass is 32.2. The Bertz CT molecular complexity index is 279. The lowest BCUT2D eigenvalue weighted by Crippen LogP contribution is -2.33. The zero-order valence-corrected chi connectivity index (χ0v) is 10.9. The van der Waals surface area contributed by atoms with Crippen LogP contribution < -0.4 is 5.73 Å². The van der Waals surface area contributed by atoms with Crippen LogP contribution in [0.1, 0.15) is 38.5 Å². The second kappa shape index (κ2) is 5.59. The molecule has 0 aromatic carbocycles. The first-order valence-electron chi connectivity index (χ1n) is 6.35. The number of rotatable bonds is 5. The molecule has 1 spiro atoms. The van der Waals surface area contributed by atoms with Gasteiger partial charge in [0.15, 0.2) is 0 Å². The number of hydrogen-bond donors (Lipinski definition) is 2. The van der Waals surface area contributed by atoms with E-state index in [2.05, 4.69) is 0 Å². The maximum Gasteiger partial charge on any atom is 0.321 e. The lowest BCUT2D eigenvalue weighted by atomic mass is 9.98. The molecule has 1 saturated carbocycles. The second-order valence-corrected chi connectivity index (χ2v) is 6.23. The molecule has 0 aromatic heterocycles. The molecule has 1 aliphatic heterocycles. The zero-order chi connectivity index (χ0) is 12.3. The van der Waals surface area contributed by atoms with Gasteiger partial charge in [0, 0.05) is 11.5 Å². The summed E-state index contributed by atoms with van der Waals surface area (Å²) >= 11 is 1.60. The van der Waals surface area contributed by atoms with Crippen LogP contribution in [0, 0.1) is 0 Å². The maximum absolute atomic E-state index is 10.6. The molecule has 1 unspecified atom stereocenters. The molecule has 2 rings (SSSR count). The van der Waals surface area contributed by atoms with Gasteiger partial charge in [-0.1, -0.05) is 12.8 Å². The Balaban J connectivity index is 1.66. The van der Waals surface area contributed by atoms with Gasteiger partial charge in [0.05, 0.1) is 11.7 Å². The summed E-state index contributed by atoms with van der Waals surface area (Å²) in [5.41, 5.74) is 5.64. The Hall–Kier alpha value is -0.260. The lowest BCUT2D eigenvalue weighted by molar-refractivity contribution is -0.137. The predicted molar refractivity (Wildman–Crippen MR) is 68.2 cm³/mol. The zero-order valence-electron chi connectivity index (χ0n) is 10.1. The van der Waals surface area contributed by atoms with Gasteiger partial charge in [-0.25, -0.2) is 0 Å². The van der Waals surface area contributed by atoms with Gasteiger partial charge in [0.1, 0.15) is 6.04 Å². The molecule has 3 N–H and O–H groups in total. The van der Waals surface area contributed by atoms with Crippen molar-refractivity contribution in [3.8, 4) is 0 Å². The minimum Gasteiger partial charge on any atom is -0.480 e. The lowest BCUT2D eigenvalue weighted by Gasteiger charge is -2.23. The molecule has 5 heteroatoms. The van der Waals surface area contributed by atoms with Gasteiger partial charge >= 0.3 is 5.97 Å². The standard InChI is InChI=1S/C12H21NO3S/c13-10(11(14)15)8-17-7-9-3-6-12(16-9)4-1-2-5-12/h9-10H,1-8,13H2,(H,14,15)/t9?,10-/m1/s1. The van der Waals surface area contributed by atoms with Crippen LogP contribution in [0.15, 0.2) is 0 Å². The molecule has 2 atom stereocenters.